The summed E-state index contributed by atoms with van der Waals surface area (Å²) in [5.41, 5.74) is 4.10. The van der Waals surface area contributed by atoms with Crippen molar-refractivity contribution in [2.45, 2.75) is 46.1 Å². The Labute approximate surface area is 188 Å². The molecule has 2 aromatic heterocycles. The van der Waals surface area contributed by atoms with Crippen molar-refractivity contribution >= 4 is 16.6 Å². The standard InChI is InChI=1S/C24H23F3N6/c1-13-18(5-4-6-21(13)24(25,26)27)14(2)30-23-20-9-17(7-8-19(20)15(3)31-32-23)33-22-12-28-10-16(22)11-29-33/h4-9,11,14,28H,10,12H2,1-3H3,(H,30,32). The van der Waals surface area contributed by atoms with Crippen LogP contribution in [0.2, 0.25) is 0 Å². The van der Waals surface area contributed by atoms with Crippen LogP contribution < -0.4 is 10.6 Å². The van der Waals surface area contributed by atoms with Gasteiger partial charge in [-0.3, -0.25) is 0 Å². The van der Waals surface area contributed by atoms with Crippen molar-refractivity contribution in [3.63, 3.8) is 0 Å². The first-order chi connectivity index (χ1) is 15.7. The second-order valence-electron chi connectivity index (χ2n) is 8.38. The van der Waals surface area contributed by atoms with E-state index in [-0.39, 0.29) is 5.56 Å². The molecule has 33 heavy (non-hydrogen) atoms. The van der Waals surface area contributed by atoms with Crippen molar-refractivity contribution in [2.75, 3.05) is 5.32 Å². The van der Waals surface area contributed by atoms with E-state index < -0.39 is 17.8 Å². The Kier molecular flexibility index (Phi) is 5.08. The fourth-order valence-electron chi connectivity index (χ4n) is 4.51. The van der Waals surface area contributed by atoms with Crippen LogP contribution in [0.5, 0.6) is 0 Å². The molecule has 2 N–H and O–H groups in total. The maximum atomic E-state index is 13.4. The van der Waals surface area contributed by atoms with Gasteiger partial charge < -0.3 is 10.6 Å². The van der Waals surface area contributed by atoms with Gasteiger partial charge in [0.05, 0.1) is 34.9 Å². The highest BCUT2D eigenvalue weighted by Crippen LogP contribution is 2.36. The molecular formula is C24H23F3N6. The molecule has 0 spiro atoms. The molecule has 0 bridgehead atoms. The van der Waals surface area contributed by atoms with E-state index in [1.54, 1.807) is 6.07 Å². The third kappa shape index (κ3) is 3.72. The van der Waals surface area contributed by atoms with Crippen LogP contribution in [-0.4, -0.2) is 20.0 Å². The largest absolute Gasteiger partial charge is 0.416 e. The number of aryl methyl sites for hydroxylation is 1. The Morgan fingerprint density at radius 2 is 1.88 bits per heavy atom. The van der Waals surface area contributed by atoms with Gasteiger partial charge in [0.15, 0.2) is 5.82 Å². The lowest BCUT2D eigenvalue weighted by Crippen LogP contribution is -2.14. The van der Waals surface area contributed by atoms with E-state index in [0.717, 1.165) is 47.0 Å². The summed E-state index contributed by atoms with van der Waals surface area (Å²) in [5.74, 6) is 0.517. The number of hydrogen-bond acceptors (Lipinski definition) is 5. The van der Waals surface area contributed by atoms with Gasteiger partial charge in [0, 0.05) is 29.4 Å². The summed E-state index contributed by atoms with van der Waals surface area (Å²) in [7, 11) is 0. The zero-order valence-electron chi connectivity index (χ0n) is 18.5. The fraction of sp³-hybridized carbons (Fsp3) is 0.292. The van der Waals surface area contributed by atoms with Crippen LogP contribution in [0.25, 0.3) is 16.5 Å². The molecule has 6 nitrogen and oxygen atoms in total. The van der Waals surface area contributed by atoms with Crippen LogP contribution in [0, 0.1) is 13.8 Å². The van der Waals surface area contributed by atoms with Gasteiger partial charge in [-0.25, -0.2) is 4.68 Å². The summed E-state index contributed by atoms with van der Waals surface area (Å²) in [4.78, 5) is 0. The minimum absolute atomic E-state index is 0.203. The van der Waals surface area contributed by atoms with Crippen molar-refractivity contribution < 1.29 is 13.2 Å². The number of anilines is 1. The number of halogens is 3. The Bertz CT molecular complexity index is 1360. The van der Waals surface area contributed by atoms with Gasteiger partial charge in [-0.05, 0) is 50.1 Å². The minimum Gasteiger partial charge on any atom is -0.362 e. The highest BCUT2D eigenvalue weighted by atomic mass is 19.4. The third-order valence-electron chi connectivity index (χ3n) is 6.26. The number of benzene rings is 2. The molecule has 2 aromatic carbocycles. The number of alkyl halides is 3. The summed E-state index contributed by atoms with van der Waals surface area (Å²) in [6.45, 7) is 6.76. The smallest absolute Gasteiger partial charge is 0.362 e. The Balaban J connectivity index is 1.55. The molecule has 9 heteroatoms. The second kappa shape index (κ2) is 7.84. The van der Waals surface area contributed by atoms with Crippen LogP contribution in [0.15, 0.2) is 42.6 Å². The molecule has 1 aliphatic rings. The van der Waals surface area contributed by atoms with Crippen molar-refractivity contribution in [1.82, 2.24) is 25.3 Å². The number of nitrogens with one attached hydrogen (secondary N) is 2. The van der Waals surface area contributed by atoms with Gasteiger partial charge in [-0.2, -0.15) is 23.4 Å². The fourth-order valence-corrected chi connectivity index (χ4v) is 4.51. The highest BCUT2D eigenvalue weighted by Gasteiger charge is 2.33. The molecule has 0 aliphatic carbocycles. The van der Waals surface area contributed by atoms with E-state index in [0.29, 0.717) is 11.4 Å². The van der Waals surface area contributed by atoms with Gasteiger partial charge >= 0.3 is 6.18 Å². The summed E-state index contributed by atoms with van der Waals surface area (Å²) in [6.07, 6.45) is -2.53. The Morgan fingerprint density at radius 1 is 1.06 bits per heavy atom. The van der Waals surface area contributed by atoms with Crippen LogP contribution in [0.1, 0.15) is 46.6 Å². The van der Waals surface area contributed by atoms with E-state index in [4.69, 9.17) is 0 Å². The molecule has 0 saturated heterocycles. The summed E-state index contributed by atoms with van der Waals surface area (Å²) in [6, 6.07) is 9.81. The summed E-state index contributed by atoms with van der Waals surface area (Å²) < 4.78 is 42.1. The lowest BCUT2D eigenvalue weighted by atomic mass is 9.97. The first-order valence-corrected chi connectivity index (χ1v) is 10.7. The minimum atomic E-state index is -4.40. The predicted molar refractivity (Wildman–Crippen MR) is 120 cm³/mol. The Hall–Kier alpha value is -3.46. The molecule has 1 aliphatic heterocycles. The number of fused-ring (bicyclic) bond motifs is 2. The van der Waals surface area contributed by atoms with Crippen LogP contribution in [-0.2, 0) is 19.3 Å². The van der Waals surface area contributed by atoms with Crippen LogP contribution in [0.3, 0.4) is 0 Å². The lowest BCUT2D eigenvalue weighted by molar-refractivity contribution is -0.138. The average molecular weight is 452 g/mol. The van der Waals surface area contributed by atoms with E-state index in [9.17, 15) is 13.2 Å². The molecule has 1 unspecified atom stereocenters. The molecule has 0 radical (unpaired) electrons. The predicted octanol–water partition coefficient (Wildman–Crippen LogP) is 5.23. The molecule has 170 valence electrons. The van der Waals surface area contributed by atoms with E-state index >= 15 is 0 Å². The van der Waals surface area contributed by atoms with Gasteiger partial charge in [-0.15, -0.1) is 5.10 Å². The molecule has 4 aromatic rings. The first-order valence-electron chi connectivity index (χ1n) is 10.7. The van der Waals surface area contributed by atoms with Gasteiger partial charge in [0.1, 0.15) is 0 Å². The Morgan fingerprint density at radius 3 is 2.67 bits per heavy atom. The maximum Gasteiger partial charge on any atom is 0.416 e. The van der Waals surface area contributed by atoms with Gasteiger partial charge in [-0.1, -0.05) is 18.2 Å². The van der Waals surface area contributed by atoms with Crippen molar-refractivity contribution in [3.8, 4) is 5.69 Å². The first kappa shape index (κ1) is 21.4. The molecule has 0 amide bonds. The number of hydrogen-bond donors (Lipinski definition) is 2. The molecule has 3 heterocycles. The van der Waals surface area contributed by atoms with Crippen molar-refractivity contribution in [3.05, 3.63) is 76.2 Å². The topological polar surface area (TPSA) is 67.7 Å². The monoisotopic (exact) mass is 452 g/mol. The zero-order valence-corrected chi connectivity index (χ0v) is 18.5. The number of aromatic nitrogens is 4. The van der Waals surface area contributed by atoms with E-state index in [2.05, 4.69) is 25.9 Å². The molecule has 5 rings (SSSR count). The molecular weight excluding hydrogens is 429 g/mol. The normalized spacial score (nSPS) is 14.5. The average Bonchev–Trinajstić information content (AvgIpc) is 3.39. The third-order valence-corrected chi connectivity index (χ3v) is 6.26. The van der Waals surface area contributed by atoms with Crippen molar-refractivity contribution in [2.24, 2.45) is 0 Å². The van der Waals surface area contributed by atoms with E-state index in [1.807, 2.05) is 42.9 Å². The summed E-state index contributed by atoms with van der Waals surface area (Å²) in [5, 5.41) is 21.5. The number of nitrogens with zero attached hydrogens (tertiary/aromatic N) is 4. The molecule has 0 saturated carbocycles. The maximum absolute atomic E-state index is 13.4. The molecule has 0 fully saturated rings. The second-order valence-corrected chi connectivity index (χ2v) is 8.38. The highest BCUT2D eigenvalue weighted by molar-refractivity contribution is 5.94. The zero-order chi connectivity index (χ0) is 23.3. The lowest BCUT2D eigenvalue weighted by Gasteiger charge is -2.21. The quantitative estimate of drug-likeness (QED) is 0.444. The molecule has 1 atom stereocenters. The summed E-state index contributed by atoms with van der Waals surface area (Å²) >= 11 is 0. The van der Waals surface area contributed by atoms with Crippen LogP contribution in [0.4, 0.5) is 19.0 Å². The van der Waals surface area contributed by atoms with Gasteiger partial charge in [0.2, 0.25) is 0 Å². The van der Waals surface area contributed by atoms with Crippen LogP contribution >= 0.6 is 0 Å². The SMILES string of the molecule is Cc1c(C(C)Nc2nnc(C)c3ccc(-n4ncc5c4CNC5)cc23)cccc1C(F)(F)F. The van der Waals surface area contributed by atoms with Gasteiger partial charge in [0.25, 0.3) is 0 Å². The van der Waals surface area contributed by atoms with E-state index in [1.165, 1.54) is 18.6 Å². The van der Waals surface area contributed by atoms with Crippen molar-refractivity contribution in [1.29, 1.82) is 0 Å². The number of rotatable bonds is 4.